The molecule has 2 amide bonds. The predicted molar refractivity (Wildman–Crippen MR) is 70.8 cm³/mol. The van der Waals surface area contributed by atoms with Crippen molar-refractivity contribution in [2.75, 3.05) is 18.2 Å². The molecule has 0 unspecified atom stereocenters. The molecule has 0 aromatic heterocycles. The summed E-state index contributed by atoms with van der Waals surface area (Å²) >= 11 is 0. The van der Waals surface area contributed by atoms with Gasteiger partial charge in [-0.15, -0.1) is 0 Å². The van der Waals surface area contributed by atoms with Crippen LogP contribution in [0.2, 0.25) is 0 Å². The van der Waals surface area contributed by atoms with Crippen molar-refractivity contribution in [3.05, 3.63) is 29.8 Å². The van der Waals surface area contributed by atoms with Crippen molar-refractivity contribution in [1.29, 1.82) is 0 Å². The fourth-order valence-corrected chi connectivity index (χ4v) is 1.46. The lowest BCUT2D eigenvalue weighted by Crippen LogP contribution is -2.47. The molecule has 1 aromatic carbocycles. The van der Waals surface area contributed by atoms with Crippen LogP contribution in [0.15, 0.2) is 24.3 Å². The maximum Gasteiger partial charge on any atom is 0.433 e. The zero-order chi connectivity index (χ0) is 14.3. The number of benzene rings is 1. The van der Waals surface area contributed by atoms with Crippen molar-refractivity contribution in [3.63, 3.8) is 0 Å². The van der Waals surface area contributed by atoms with Crippen LogP contribution in [0.1, 0.15) is 19.4 Å². The molecule has 0 atom stereocenters. The van der Waals surface area contributed by atoms with Gasteiger partial charge in [0.05, 0.1) is 18.9 Å². The molecule has 104 valence electrons. The van der Waals surface area contributed by atoms with Gasteiger partial charge in [-0.05, 0) is 32.4 Å². The number of rotatable bonds is 3. The Bertz CT molecular complexity index is 448. The van der Waals surface area contributed by atoms with E-state index >= 15 is 0 Å². The standard InChI is InChI=1S/C13H18N2O4/c1-4-18-12(16)14-15(13(17)19-5-2)11-9-7-6-8-10(11)3/h6-9H,4-5H2,1-3H3,(H,14,16). The topological polar surface area (TPSA) is 67.9 Å². The Morgan fingerprint density at radius 2 is 1.79 bits per heavy atom. The summed E-state index contributed by atoms with van der Waals surface area (Å²) in [6.45, 7) is 5.64. The third-order valence-electron chi connectivity index (χ3n) is 2.29. The maximum atomic E-state index is 11.9. The zero-order valence-corrected chi connectivity index (χ0v) is 11.3. The summed E-state index contributed by atoms with van der Waals surface area (Å²) in [6, 6.07) is 7.14. The van der Waals surface area contributed by atoms with E-state index in [2.05, 4.69) is 5.43 Å². The van der Waals surface area contributed by atoms with Gasteiger partial charge in [0.2, 0.25) is 0 Å². The third-order valence-corrected chi connectivity index (χ3v) is 2.29. The van der Waals surface area contributed by atoms with Crippen LogP contribution in [0.4, 0.5) is 15.3 Å². The monoisotopic (exact) mass is 266 g/mol. The van der Waals surface area contributed by atoms with E-state index in [9.17, 15) is 9.59 Å². The highest BCUT2D eigenvalue weighted by atomic mass is 16.6. The maximum absolute atomic E-state index is 11.9. The van der Waals surface area contributed by atoms with Crippen LogP contribution < -0.4 is 10.4 Å². The van der Waals surface area contributed by atoms with E-state index in [4.69, 9.17) is 9.47 Å². The molecule has 19 heavy (non-hydrogen) atoms. The molecule has 0 bridgehead atoms. The van der Waals surface area contributed by atoms with Gasteiger partial charge in [0.15, 0.2) is 0 Å². The first kappa shape index (κ1) is 14.8. The van der Waals surface area contributed by atoms with E-state index in [1.165, 1.54) is 0 Å². The SMILES string of the molecule is CCOC(=O)NN(C(=O)OCC)c1ccccc1C. The Morgan fingerprint density at radius 1 is 1.16 bits per heavy atom. The number of anilines is 1. The summed E-state index contributed by atoms with van der Waals surface area (Å²) in [5.41, 5.74) is 3.72. The molecule has 0 heterocycles. The molecule has 0 aliphatic heterocycles. The largest absolute Gasteiger partial charge is 0.449 e. The molecule has 1 aromatic rings. The average Bonchev–Trinajstić information content (AvgIpc) is 2.37. The van der Waals surface area contributed by atoms with Crippen LogP contribution in [0, 0.1) is 6.92 Å². The van der Waals surface area contributed by atoms with Crippen LogP contribution in [0.3, 0.4) is 0 Å². The van der Waals surface area contributed by atoms with Gasteiger partial charge in [0.25, 0.3) is 0 Å². The van der Waals surface area contributed by atoms with E-state index < -0.39 is 12.2 Å². The molecule has 1 rings (SSSR count). The first-order chi connectivity index (χ1) is 9.10. The molecular formula is C13H18N2O4. The molecule has 0 aliphatic carbocycles. The summed E-state index contributed by atoms with van der Waals surface area (Å²) in [7, 11) is 0. The second-order valence-electron chi connectivity index (χ2n) is 3.65. The lowest BCUT2D eigenvalue weighted by Gasteiger charge is -2.23. The number of amides is 2. The van der Waals surface area contributed by atoms with Crippen LogP contribution in [0.25, 0.3) is 0 Å². The number of nitrogens with one attached hydrogen (secondary N) is 1. The summed E-state index contributed by atoms with van der Waals surface area (Å²) in [5.74, 6) is 0. The number of nitrogens with zero attached hydrogens (tertiary/aromatic N) is 1. The quantitative estimate of drug-likeness (QED) is 0.854. The molecular weight excluding hydrogens is 248 g/mol. The van der Waals surface area contributed by atoms with Gasteiger partial charge in [-0.1, -0.05) is 18.2 Å². The molecule has 6 nitrogen and oxygen atoms in total. The fraction of sp³-hybridized carbons (Fsp3) is 0.385. The highest BCUT2D eigenvalue weighted by molar-refractivity contribution is 5.91. The van der Waals surface area contributed by atoms with Crippen molar-refractivity contribution in [1.82, 2.24) is 5.43 Å². The van der Waals surface area contributed by atoms with Gasteiger partial charge >= 0.3 is 12.2 Å². The summed E-state index contributed by atoms with van der Waals surface area (Å²) in [6.07, 6.45) is -1.37. The molecule has 0 fully saturated rings. The number of hydrazine groups is 1. The van der Waals surface area contributed by atoms with E-state index in [1.54, 1.807) is 26.0 Å². The van der Waals surface area contributed by atoms with Crippen molar-refractivity contribution < 1.29 is 19.1 Å². The number of aryl methyl sites for hydroxylation is 1. The van der Waals surface area contributed by atoms with E-state index in [1.807, 2.05) is 19.1 Å². The molecule has 0 saturated heterocycles. The Balaban J connectivity index is 2.95. The number of para-hydroxylation sites is 1. The Morgan fingerprint density at radius 3 is 2.37 bits per heavy atom. The van der Waals surface area contributed by atoms with Gasteiger partial charge in [0, 0.05) is 0 Å². The first-order valence-corrected chi connectivity index (χ1v) is 6.06. The van der Waals surface area contributed by atoms with Gasteiger partial charge < -0.3 is 9.47 Å². The van der Waals surface area contributed by atoms with Crippen LogP contribution in [-0.2, 0) is 9.47 Å². The molecule has 6 heteroatoms. The number of hydrogen-bond donors (Lipinski definition) is 1. The zero-order valence-electron chi connectivity index (χ0n) is 11.3. The van der Waals surface area contributed by atoms with Gasteiger partial charge in [-0.25, -0.2) is 15.0 Å². The minimum Gasteiger partial charge on any atom is -0.449 e. The minimum absolute atomic E-state index is 0.214. The molecule has 0 spiro atoms. The molecule has 0 radical (unpaired) electrons. The van der Waals surface area contributed by atoms with Crippen molar-refractivity contribution >= 4 is 17.9 Å². The van der Waals surface area contributed by atoms with Crippen molar-refractivity contribution in [2.45, 2.75) is 20.8 Å². The van der Waals surface area contributed by atoms with E-state index in [-0.39, 0.29) is 13.2 Å². The smallest absolute Gasteiger partial charge is 0.433 e. The van der Waals surface area contributed by atoms with Gasteiger partial charge in [-0.2, -0.15) is 5.01 Å². The normalized spacial score (nSPS) is 9.63. The van der Waals surface area contributed by atoms with E-state index in [0.717, 1.165) is 10.6 Å². The van der Waals surface area contributed by atoms with Crippen LogP contribution in [0.5, 0.6) is 0 Å². The van der Waals surface area contributed by atoms with Gasteiger partial charge in [0.1, 0.15) is 0 Å². The molecule has 0 aliphatic rings. The number of hydrogen-bond acceptors (Lipinski definition) is 4. The highest BCUT2D eigenvalue weighted by Gasteiger charge is 2.21. The number of carbonyl (C=O) groups excluding carboxylic acids is 2. The summed E-state index contributed by atoms with van der Waals surface area (Å²) < 4.78 is 9.67. The summed E-state index contributed by atoms with van der Waals surface area (Å²) in [4.78, 5) is 23.3. The fourth-order valence-electron chi connectivity index (χ4n) is 1.46. The average molecular weight is 266 g/mol. The van der Waals surface area contributed by atoms with Crippen LogP contribution >= 0.6 is 0 Å². The number of ether oxygens (including phenoxy) is 2. The third kappa shape index (κ3) is 4.17. The first-order valence-electron chi connectivity index (χ1n) is 6.06. The lowest BCUT2D eigenvalue weighted by atomic mass is 10.2. The Hall–Kier alpha value is -2.24. The number of carbonyl (C=O) groups is 2. The Kier molecular flexibility index (Phi) is 5.66. The summed E-state index contributed by atoms with van der Waals surface area (Å²) in [5, 5.41) is 1.04. The minimum atomic E-state index is -0.709. The van der Waals surface area contributed by atoms with Crippen molar-refractivity contribution in [3.8, 4) is 0 Å². The lowest BCUT2D eigenvalue weighted by molar-refractivity contribution is 0.138. The van der Waals surface area contributed by atoms with Gasteiger partial charge in [-0.3, -0.25) is 0 Å². The second-order valence-corrected chi connectivity index (χ2v) is 3.65. The predicted octanol–water partition coefficient (Wildman–Crippen LogP) is 2.62. The van der Waals surface area contributed by atoms with E-state index in [0.29, 0.717) is 5.69 Å². The molecule has 1 N–H and O–H groups in total. The van der Waals surface area contributed by atoms with Crippen LogP contribution in [-0.4, -0.2) is 25.4 Å². The Labute approximate surface area is 112 Å². The van der Waals surface area contributed by atoms with Crippen molar-refractivity contribution in [2.24, 2.45) is 0 Å². The second kappa shape index (κ2) is 7.25. The highest BCUT2D eigenvalue weighted by Crippen LogP contribution is 2.18. The molecule has 0 saturated carbocycles.